The molecule has 1 aromatic rings. The molecule has 4 heteroatoms. The molecule has 1 aromatic carbocycles. The minimum atomic E-state index is -0.541. The van der Waals surface area contributed by atoms with Crippen LogP contribution >= 0.6 is 0 Å². The number of benzene rings is 1. The predicted molar refractivity (Wildman–Crippen MR) is 86.1 cm³/mol. The van der Waals surface area contributed by atoms with Crippen LogP contribution in [0.25, 0.3) is 0 Å². The molecule has 0 bridgehead atoms. The number of ketones is 1. The van der Waals surface area contributed by atoms with E-state index in [4.69, 9.17) is 4.74 Å². The zero-order valence-corrected chi connectivity index (χ0v) is 14.0. The highest BCUT2D eigenvalue weighted by molar-refractivity contribution is 6.01. The topological polar surface area (TPSA) is 55.4 Å². The fourth-order valence-electron chi connectivity index (χ4n) is 2.99. The number of carbonyl (C=O) groups excluding carboxylic acids is 2. The Kier molecular flexibility index (Phi) is 4.59. The monoisotopic (exact) mass is 303 g/mol. The fourth-order valence-corrected chi connectivity index (χ4v) is 2.99. The van der Waals surface area contributed by atoms with Crippen molar-refractivity contribution in [1.29, 1.82) is 0 Å². The summed E-state index contributed by atoms with van der Waals surface area (Å²) in [5.41, 5.74) is 1.34. The molecule has 3 atom stereocenters. The van der Waals surface area contributed by atoms with E-state index in [0.717, 1.165) is 17.5 Å². The van der Waals surface area contributed by atoms with Gasteiger partial charge in [0.05, 0.1) is 0 Å². The van der Waals surface area contributed by atoms with Crippen LogP contribution in [-0.4, -0.2) is 23.5 Å². The molecule has 1 amide bonds. The van der Waals surface area contributed by atoms with Gasteiger partial charge < -0.3 is 10.1 Å². The third-order valence-electron chi connectivity index (χ3n) is 4.05. The average molecular weight is 303 g/mol. The van der Waals surface area contributed by atoms with Gasteiger partial charge in [-0.15, -0.1) is 0 Å². The summed E-state index contributed by atoms with van der Waals surface area (Å²) in [6, 6.07) is 7.49. The third-order valence-corrected chi connectivity index (χ3v) is 4.05. The van der Waals surface area contributed by atoms with E-state index in [1.807, 2.05) is 52.0 Å². The summed E-state index contributed by atoms with van der Waals surface area (Å²) in [5.74, 6) is 0.205. The fraction of sp³-hybridized carbons (Fsp3) is 0.556. The van der Waals surface area contributed by atoms with Crippen molar-refractivity contribution in [2.75, 3.05) is 0 Å². The second-order valence-corrected chi connectivity index (χ2v) is 7.13. The van der Waals surface area contributed by atoms with E-state index in [-0.39, 0.29) is 17.7 Å². The smallest absolute Gasteiger partial charge is 0.407 e. The number of amides is 1. The molecular weight excluding hydrogens is 278 g/mol. The summed E-state index contributed by atoms with van der Waals surface area (Å²) in [5, 5.41) is 2.81. The number of Topliss-reactive ketones (excluding diaryl/α,β-unsaturated/α-hetero) is 1. The van der Waals surface area contributed by atoms with Crippen molar-refractivity contribution in [3.05, 3.63) is 35.4 Å². The Morgan fingerprint density at radius 3 is 2.59 bits per heavy atom. The Labute approximate surface area is 132 Å². The molecule has 1 aliphatic carbocycles. The van der Waals surface area contributed by atoms with Gasteiger partial charge in [0, 0.05) is 17.5 Å². The molecule has 0 aliphatic heterocycles. The number of fused-ring (bicyclic) bond motifs is 1. The molecule has 4 nitrogen and oxygen atoms in total. The molecule has 120 valence electrons. The van der Waals surface area contributed by atoms with Gasteiger partial charge in [-0.1, -0.05) is 31.2 Å². The number of hydrogen-bond donors (Lipinski definition) is 1. The lowest BCUT2D eigenvalue weighted by molar-refractivity contribution is 0.0485. The lowest BCUT2D eigenvalue weighted by Crippen LogP contribution is -2.45. The van der Waals surface area contributed by atoms with Crippen molar-refractivity contribution in [3.8, 4) is 0 Å². The first-order chi connectivity index (χ1) is 10.2. The summed E-state index contributed by atoms with van der Waals surface area (Å²) >= 11 is 0. The average Bonchev–Trinajstić information content (AvgIpc) is 2.40. The maximum absolute atomic E-state index is 12.7. The zero-order valence-electron chi connectivity index (χ0n) is 14.0. The molecule has 1 aliphatic rings. The Hall–Kier alpha value is -1.84. The molecule has 22 heavy (non-hydrogen) atoms. The molecule has 0 fully saturated rings. The van der Waals surface area contributed by atoms with E-state index in [1.165, 1.54) is 0 Å². The summed E-state index contributed by atoms with van der Waals surface area (Å²) in [6.45, 7) is 9.45. The molecule has 3 unspecified atom stereocenters. The standard InChI is InChI=1S/C18H25NO3/c1-11-10-15(12(2)19-17(21)22-18(3,4)5)16(20)14-9-7-6-8-13(11)14/h6-9,11-12,15H,10H2,1-5H3,(H,19,21). The highest BCUT2D eigenvalue weighted by atomic mass is 16.6. The molecule has 1 N–H and O–H groups in total. The minimum absolute atomic E-state index is 0.109. The predicted octanol–water partition coefficient (Wildman–Crippen LogP) is 3.91. The van der Waals surface area contributed by atoms with E-state index < -0.39 is 11.7 Å². The maximum Gasteiger partial charge on any atom is 0.407 e. The van der Waals surface area contributed by atoms with Crippen molar-refractivity contribution in [3.63, 3.8) is 0 Å². The maximum atomic E-state index is 12.7. The van der Waals surface area contributed by atoms with Crippen molar-refractivity contribution in [2.45, 2.75) is 58.6 Å². The molecule has 0 saturated heterocycles. The number of hydrogen-bond acceptors (Lipinski definition) is 3. The van der Waals surface area contributed by atoms with Crippen LogP contribution < -0.4 is 5.32 Å². The quantitative estimate of drug-likeness (QED) is 0.901. The van der Waals surface area contributed by atoms with Crippen LogP contribution in [0.2, 0.25) is 0 Å². The van der Waals surface area contributed by atoms with Crippen LogP contribution in [0.1, 0.15) is 62.9 Å². The summed E-state index contributed by atoms with van der Waals surface area (Å²) in [6.07, 6.45) is 0.270. The van der Waals surface area contributed by atoms with Gasteiger partial charge in [0.1, 0.15) is 5.60 Å². The SMILES string of the molecule is CC1CC(C(C)NC(=O)OC(C)(C)C)C(=O)c2ccccc21. The van der Waals surface area contributed by atoms with Crippen LogP contribution in [0, 0.1) is 5.92 Å². The van der Waals surface area contributed by atoms with Gasteiger partial charge in [0.15, 0.2) is 5.78 Å². The first kappa shape index (κ1) is 16.5. The molecule has 0 aromatic heterocycles. The third kappa shape index (κ3) is 3.67. The number of rotatable bonds is 2. The van der Waals surface area contributed by atoms with Crippen molar-refractivity contribution in [1.82, 2.24) is 5.32 Å². The Balaban J connectivity index is 2.10. The molecular formula is C18H25NO3. The largest absolute Gasteiger partial charge is 0.444 e. The first-order valence-corrected chi connectivity index (χ1v) is 7.81. The van der Waals surface area contributed by atoms with E-state index in [2.05, 4.69) is 12.2 Å². The van der Waals surface area contributed by atoms with Crippen LogP contribution in [0.3, 0.4) is 0 Å². The molecule has 2 rings (SSSR count). The van der Waals surface area contributed by atoms with Gasteiger partial charge >= 0.3 is 6.09 Å². The summed E-state index contributed by atoms with van der Waals surface area (Å²) in [7, 11) is 0. The van der Waals surface area contributed by atoms with Crippen LogP contribution in [0.4, 0.5) is 4.79 Å². The van der Waals surface area contributed by atoms with Crippen LogP contribution in [0.5, 0.6) is 0 Å². The number of nitrogens with one attached hydrogen (secondary N) is 1. The summed E-state index contributed by atoms with van der Waals surface area (Å²) in [4.78, 5) is 24.6. The Morgan fingerprint density at radius 1 is 1.32 bits per heavy atom. The zero-order chi connectivity index (χ0) is 16.5. The second kappa shape index (κ2) is 6.11. The van der Waals surface area contributed by atoms with Gasteiger partial charge in [-0.2, -0.15) is 0 Å². The van der Waals surface area contributed by atoms with Gasteiger partial charge in [-0.25, -0.2) is 4.79 Å². The van der Waals surface area contributed by atoms with Crippen molar-refractivity contribution < 1.29 is 14.3 Å². The lowest BCUT2D eigenvalue weighted by Gasteiger charge is -2.32. The van der Waals surface area contributed by atoms with Gasteiger partial charge in [-0.05, 0) is 45.6 Å². The highest BCUT2D eigenvalue weighted by Crippen LogP contribution is 2.35. The van der Waals surface area contributed by atoms with Crippen LogP contribution in [0.15, 0.2) is 24.3 Å². The van der Waals surface area contributed by atoms with Gasteiger partial charge in [0.2, 0.25) is 0 Å². The number of alkyl carbamates (subject to hydrolysis) is 1. The first-order valence-electron chi connectivity index (χ1n) is 7.81. The minimum Gasteiger partial charge on any atom is -0.444 e. The highest BCUT2D eigenvalue weighted by Gasteiger charge is 2.35. The van der Waals surface area contributed by atoms with Crippen LogP contribution in [-0.2, 0) is 4.74 Å². The van der Waals surface area contributed by atoms with E-state index >= 15 is 0 Å². The number of carbonyl (C=O) groups is 2. The molecule has 0 radical (unpaired) electrons. The molecule has 0 heterocycles. The van der Waals surface area contributed by atoms with Crippen molar-refractivity contribution >= 4 is 11.9 Å². The van der Waals surface area contributed by atoms with Gasteiger partial charge in [0.25, 0.3) is 0 Å². The molecule has 0 saturated carbocycles. The molecule has 0 spiro atoms. The second-order valence-electron chi connectivity index (χ2n) is 7.13. The van der Waals surface area contributed by atoms with Gasteiger partial charge in [-0.3, -0.25) is 4.79 Å². The van der Waals surface area contributed by atoms with E-state index in [1.54, 1.807) is 0 Å². The van der Waals surface area contributed by atoms with E-state index in [9.17, 15) is 9.59 Å². The number of ether oxygens (including phenoxy) is 1. The Bertz CT molecular complexity index is 574. The van der Waals surface area contributed by atoms with Crippen molar-refractivity contribution in [2.24, 2.45) is 5.92 Å². The lowest BCUT2D eigenvalue weighted by atomic mass is 9.74. The summed E-state index contributed by atoms with van der Waals surface area (Å²) < 4.78 is 5.27. The Morgan fingerprint density at radius 2 is 1.95 bits per heavy atom. The normalized spacial score (nSPS) is 22.7. The van der Waals surface area contributed by atoms with E-state index in [0.29, 0.717) is 5.92 Å².